The molecule has 0 aromatic carbocycles. The molecule has 4 N–H and O–H groups in total. The van der Waals surface area contributed by atoms with Crippen molar-refractivity contribution in [3.05, 3.63) is 31.8 Å². The zero-order chi connectivity index (χ0) is 13.0. The first-order valence-corrected chi connectivity index (χ1v) is 4.93. The number of H-pyrrole nitrogens is 1. The molecule has 0 aliphatic rings. The van der Waals surface area contributed by atoms with Crippen molar-refractivity contribution in [3.63, 3.8) is 0 Å². The van der Waals surface area contributed by atoms with Crippen LogP contribution >= 0.6 is 0 Å². The van der Waals surface area contributed by atoms with Crippen LogP contribution in [0.2, 0.25) is 0 Å². The maximum atomic E-state index is 11.7. The lowest BCUT2D eigenvalue weighted by Gasteiger charge is -2.07. The standard InChI is InChI=1S/C9H14N4O4/c1-5-6(2)9(16)13(11-8(5)15)4-3-7(14)17-12-10/h12H,3-4,10H2,1-2H3,(H,11,15). The Morgan fingerprint density at radius 1 is 1.41 bits per heavy atom. The number of nitrogens with two attached hydrogens (primary N) is 1. The maximum absolute atomic E-state index is 11.7. The second-order valence-electron chi connectivity index (χ2n) is 3.49. The van der Waals surface area contributed by atoms with Gasteiger partial charge in [0.25, 0.3) is 11.1 Å². The Hall–Kier alpha value is -1.93. The summed E-state index contributed by atoms with van der Waals surface area (Å²) < 4.78 is 1.07. The summed E-state index contributed by atoms with van der Waals surface area (Å²) in [4.78, 5) is 38.4. The highest BCUT2D eigenvalue weighted by molar-refractivity contribution is 5.68. The van der Waals surface area contributed by atoms with E-state index in [2.05, 4.69) is 9.94 Å². The van der Waals surface area contributed by atoms with Crippen LogP contribution in [0.25, 0.3) is 0 Å². The molecule has 1 rings (SSSR count). The Kier molecular flexibility index (Phi) is 4.18. The summed E-state index contributed by atoms with van der Waals surface area (Å²) in [6, 6.07) is 0. The third-order valence-electron chi connectivity index (χ3n) is 2.42. The highest BCUT2D eigenvalue weighted by atomic mass is 16.7. The van der Waals surface area contributed by atoms with Crippen LogP contribution in [-0.4, -0.2) is 15.7 Å². The van der Waals surface area contributed by atoms with Gasteiger partial charge >= 0.3 is 5.97 Å². The van der Waals surface area contributed by atoms with Gasteiger partial charge in [0.1, 0.15) is 0 Å². The van der Waals surface area contributed by atoms with Crippen molar-refractivity contribution >= 4 is 5.97 Å². The molecule has 0 aliphatic heterocycles. The first-order valence-electron chi connectivity index (χ1n) is 4.93. The third kappa shape index (κ3) is 3.02. The van der Waals surface area contributed by atoms with Crippen LogP contribution in [0.3, 0.4) is 0 Å². The lowest BCUT2D eigenvalue weighted by molar-refractivity contribution is -0.151. The number of carbonyl (C=O) groups is 1. The minimum Gasteiger partial charge on any atom is -0.356 e. The molecule has 0 aliphatic carbocycles. The number of nitrogens with zero attached hydrogens (tertiary/aromatic N) is 1. The van der Waals surface area contributed by atoms with E-state index in [1.165, 1.54) is 0 Å². The van der Waals surface area contributed by atoms with Gasteiger partial charge in [-0.15, -0.1) is 0 Å². The fourth-order valence-corrected chi connectivity index (χ4v) is 1.27. The summed E-state index contributed by atoms with van der Waals surface area (Å²) in [6.45, 7) is 3.14. The highest BCUT2D eigenvalue weighted by Gasteiger charge is 2.09. The van der Waals surface area contributed by atoms with Crippen LogP contribution in [0.1, 0.15) is 17.5 Å². The molecule has 0 atom stereocenters. The largest absolute Gasteiger partial charge is 0.356 e. The van der Waals surface area contributed by atoms with Crippen molar-refractivity contribution < 1.29 is 9.63 Å². The Balaban J connectivity index is 2.90. The number of aromatic amines is 1. The SMILES string of the molecule is Cc1c(C)c(=O)n(CCC(=O)ONN)[nH]c1=O. The van der Waals surface area contributed by atoms with E-state index in [1.807, 2.05) is 0 Å². The maximum Gasteiger partial charge on any atom is 0.328 e. The van der Waals surface area contributed by atoms with Crippen molar-refractivity contribution in [2.45, 2.75) is 26.8 Å². The van der Waals surface area contributed by atoms with Gasteiger partial charge in [0, 0.05) is 11.1 Å². The minimum atomic E-state index is -0.626. The highest BCUT2D eigenvalue weighted by Crippen LogP contribution is 1.92. The molecule has 0 bridgehead atoms. The van der Waals surface area contributed by atoms with Gasteiger partial charge in [-0.3, -0.25) is 19.5 Å². The normalized spacial score (nSPS) is 10.3. The number of aryl methyl sites for hydroxylation is 1. The van der Waals surface area contributed by atoms with Gasteiger partial charge in [0.2, 0.25) is 0 Å². The van der Waals surface area contributed by atoms with Gasteiger partial charge in [0.15, 0.2) is 0 Å². The number of nitrogens with one attached hydrogen (secondary N) is 2. The average molecular weight is 242 g/mol. The zero-order valence-electron chi connectivity index (χ0n) is 9.57. The predicted octanol–water partition coefficient (Wildman–Crippen LogP) is -1.53. The average Bonchev–Trinajstić information content (AvgIpc) is 2.30. The van der Waals surface area contributed by atoms with E-state index >= 15 is 0 Å². The molecule has 8 heteroatoms. The van der Waals surface area contributed by atoms with E-state index in [4.69, 9.17) is 5.84 Å². The van der Waals surface area contributed by atoms with Crippen molar-refractivity contribution in [3.8, 4) is 0 Å². The Morgan fingerprint density at radius 3 is 2.65 bits per heavy atom. The summed E-state index contributed by atoms with van der Waals surface area (Å²) >= 11 is 0. The van der Waals surface area contributed by atoms with E-state index in [9.17, 15) is 14.4 Å². The Morgan fingerprint density at radius 2 is 2.06 bits per heavy atom. The molecule has 0 saturated heterocycles. The minimum absolute atomic E-state index is 0.0235. The van der Waals surface area contributed by atoms with E-state index < -0.39 is 5.97 Å². The van der Waals surface area contributed by atoms with Gasteiger partial charge in [0.05, 0.1) is 13.0 Å². The van der Waals surface area contributed by atoms with Gasteiger partial charge < -0.3 is 4.84 Å². The van der Waals surface area contributed by atoms with Crippen LogP contribution in [0.4, 0.5) is 0 Å². The van der Waals surface area contributed by atoms with E-state index in [0.717, 1.165) is 4.68 Å². The molecular weight excluding hydrogens is 228 g/mol. The van der Waals surface area contributed by atoms with Gasteiger partial charge in [-0.1, -0.05) is 5.59 Å². The van der Waals surface area contributed by atoms with E-state index in [-0.39, 0.29) is 24.1 Å². The fraction of sp³-hybridized carbons (Fsp3) is 0.444. The first kappa shape index (κ1) is 13.1. The van der Waals surface area contributed by atoms with Crippen molar-refractivity contribution in [1.82, 2.24) is 15.4 Å². The van der Waals surface area contributed by atoms with Gasteiger partial charge in [-0.05, 0) is 13.8 Å². The molecule has 1 aromatic heterocycles. The number of hydrazine groups is 1. The molecule has 94 valence electrons. The predicted molar refractivity (Wildman–Crippen MR) is 58.8 cm³/mol. The number of hydrogen-bond acceptors (Lipinski definition) is 6. The summed E-state index contributed by atoms with van der Waals surface area (Å²) in [7, 11) is 0. The summed E-state index contributed by atoms with van der Waals surface area (Å²) in [5, 5.41) is 2.37. The van der Waals surface area contributed by atoms with Crippen molar-refractivity contribution in [1.29, 1.82) is 0 Å². The quantitative estimate of drug-likeness (QED) is 0.435. The van der Waals surface area contributed by atoms with Gasteiger partial charge in [-0.25, -0.2) is 10.5 Å². The Labute approximate surface area is 96.3 Å². The molecule has 0 amide bonds. The lowest BCUT2D eigenvalue weighted by atomic mass is 10.2. The number of rotatable bonds is 4. The third-order valence-corrected chi connectivity index (χ3v) is 2.42. The number of aromatic nitrogens is 2. The van der Waals surface area contributed by atoms with Crippen LogP contribution in [0.5, 0.6) is 0 Å². The molecule has 0 spiro atoms. The van der Waals surface area contributed by atoms with E-state index in [0.29, 0.717) is 11.1 Å². The number of hydrogen-bond donors (Lipinski definition) is 3. The summed E-state index contributed by atoms with van der Waals surface area (Å²) in [6.07, 6.45) is -0.0808. The molecule has 8 nitrogen and oxygen atoms in total. The second kappa shape index (κ2) is 5.41. The molecule has 0 unspecified atom stereocenters. The topological polar surface area (TPSA) is 119 Å². The number of carbonyl (C=O) groups excluding carboxylic acids is 1. The van der Waals surface area contributed by atoms with Crippen LogP contribution in [-0.2, 0) is 16.2 Å². The zero-order valence-corrected chi connectivity index (χ0v) is 9.57. The second-order valence-corrected chi connectivity index (χ2v) is 3.49. The molecule has 1 aromatic rings. The summed E-state index contributed by atoms with van der Waals surface area (Å²) in [5.41, 5.74) is 1.78. The van der Waals surface area contributed by atoms with E-state index in [1.54, 1.807) is 19.4 Å². The monoisotopic (exact) mass is 242 g/mol. The smallest absolute Gasteiger partial charge is 0.328 e. The fourth-order valence-electron chi connectivity index (χ4n) is 1.27. The lowest BCUT2D eigenvalue weighted by Crippen LogP contribution is -2.34. The molecule has 0 fully saturated rings. The first-order chi connectivity index (χ1) is 7.97. The van der Waals surface area contributed by atoms with Crippen molar-refractivity contribution in [2.24, 2.45) is 5.84 Å². The molecule has 0 radical (unpaired) electrons. The molecule has 17 heavy (non-hydrogen) atoms. The summed E-state index contributed by atoms with van der Waals surface area (Å²) in [5.74, 6) is 4.15. The molecular formula is C9H14N4O4. The molecule has 1 heterocycles. The van der Waals surface area contributed by atoms with Crippen LogP contribution < -0.4 is 22.6 Å². The van der Waals surface area contributed by atoms with Crippen LogP contribution in [0, 0.1) is 13.8 Å². The van der Waals surface area contributed by atoms with Crippen LogP contribution in [0.15, 0.2) is 9.59 Å². The van der Waals surface area contributed by atoms with Gasteiger partial charge in [-0.2, -0.15) is 0 Å². The molecule has 0 saturated carbocycles. The Bertz CT molecular complexity index is 531. The van der Waals surface area contributed by atoms with Crippen molar-refractivity contribution in [2.75, 3.05) is 0 Å².